The number of hydrogen-bond acceptors (Lipinski definition) is 2. The van der Waals surface area contributed by atoms with Crippen LogP contribution >= 0.6 is 12.4 Å². The van der Waals surface area contributed by atoms with E-state index in [1.54, 1.807) is 23.1 Å². The van der Waals surface area contributed by atoms with Crippen LogP contribution in [0.15, 0.2) is 24.3 Å². The van der Waals surface area contributed by atoms with E-state index in [1.807, 2.05) is 13.8 Å². The summed E-state index contributed by atoms with van der Waals surface area (Å²) in [4.78, 5) is 14.6. The molecule has 0 bridgehead atoms. The molecule has 0 spiro atoms. The van der Waals surface area contributed by atoms with Crippen molar-refractivity contribution in [1.82, 2.24) is 4.90 Å². The molecule has 0 saturated heterocycles. The number of benzene rings is 1. The van der Waals surface area contributed by atoms with E-state index in [-0.39, 0.29) is 42.0 Å². The fourth-order valence-electron chi connectivity index (χ4n) is 3.18. The van der Waals surface area contributed by atoms with Crippen molar-refractivity contribution >= 4 is 18.3 Å². The molecule has 1 amide bonds. The first-order valence-electron chi connectivity index (χ1n) is 7.78. The monoisotopic (exact) mass is 328 g/mol. The Hall–Kier alpha value is -1.13. The fourth-order valence-corrected chi connectivity index (χ4v) is 3.18. The van der Waals surface area contributed by atoms with Gasteiger partial charge in [-0.05, 0) is 45.2 Å². The highest BCUT2D eigenvalue weighted by Crippen LogP contribution is 2.33. The van der Waals surface area contributed by atoms with Crippen molar-refractivity contribution < 1.29 is 9.18 Å². The molecule has 0 aromatic heterocycles. The number of carbonyl (C=O) groups is 1. The highest BCUT2D eigenvalue weighted by atomic mass is 35.5. The minimum absolute atomic E-state index is 0. The third-order valence-corrected chi connectivity index (χ3v) is 4.48. The molecule has 22 heavy (non-hydrogen) atoms. The third kappa shape index (κ3) is 4.20. The van der Waals surface area contributed by atoms with E-state index in [1.165, 1.54) is 6.07 Å². The Balaban J connectivity index is 0.00000242. The minimum atomic E-state index is -0.252. The lowest BCUT2D eigenvalue weighted by Crippen LogP contribution is -2.42. The lowest BCUT2D eigenvalue weighted by Gasteiger charge is -2.31. The van der Waals surface area contributed by atoms with Crippen molar-refractivity contribution in [2.45, 2.75) is 45.7 Å². The molecule has 124 valence electrons. The third-order valence-electron chi connectivity index (χ3n) is 4.48. The number of nitrogens with zero attached hydrogens (tertiary/aromatic N) is 1. The predicted molar refractivity (Wildman–Crippen MR) is 89.2 cm³/mol. The largest absolute Gasteiger partial charge is 0.336 e. The summed E-state index contributed by atoms with van der Waals surface area (Å²) in [6.07, 6.45) is 2.99. The van der Waals surface area contributed by atoms with Gasteiger partial charge < -0.3 is 10.6 Å². The van der Waals surface area contributed by atoms with Gasteiger partial charge in [-0.1, -0.05) is 24.6 Å². The molecule has 1 aliphatic carbocycles. The van der Waals surface area contributed by atoms with Crippen LogP contribution < -0.4 is 5.73 Å². The number of nitrogens with two attached hydrogens (primary N) is 1. The molecule has 0 radical (unpaired) electrons. The lowest BCUT2D eigenvalue weighted by molar-refractivity contribution is -0.139. The molecule has 3 nitrogen and oxygen atoms in total. The summed E-state index contributed by atoms with van der Waals surface area (Å²) < 4.78 is 13.8. The Morgan fingerprint density at radius 3 is 2.64 bits per heavy atom. The zero-order valence-electron chi connectivity index (χ0n) is 13.3. The summed E-state index contributed by atoms with van der Waals surface area (Å²) in [7, 11) is 0. The average molecular weight is 329 g/mol. The summed E-state index contributed by atoms with van der Waals surface area (Å²) in [6.45, 7) is 4.84. The van der Waals surface area contributed by atoms with Crippen LogP contribution in [-0.4, -0.2) is 23.4 Å². The summed E-state index contributed by atoms with van der Waals surface area (Å²) in [5.41, 5.74) is 6.36. The summed E-state index contributed by atoms with van der Waals surface area (Å²) >= 11 is 0. The lowest BCUT2D eigenvalue weighted by atomic mass is 9.94. The van der Waals surface area contributed by atoms with Gasteiger partial charge in [0.05, 0.1) is 0 Å². The van der Waals surface area contributed by atoms with Crippen molar-refractivity contribution in [3.63, 3.8) is 0 Å². The van der Waals surface area contributed by atoms with Gasteiger partial charge in [-0.25, -0.2) is 4.39 Å². The quantitative estimate of drug-likeness (QED) is 0.901. The number of hydrogen-bond donors (Lipinski definition) is 1. The van der Waals surface area contributed by atoms with E-state index in [4.69, 9.17) is 5.73 Å². The molecule has 1 aliphatic rings. The van der Waals surface area contributed by atoms with Gasteiger partial charge in [-0.15, -0.1) is 12.4 Å². The number of amides is 1. The van der Waals surface area contributed by atoms with Gasteiger partial charge in [0.2, 0.25) is 5.91 Å². The average Bonchev–Trinajstić information content (AvgIpc) is 2.93. The molecule has 2 N–H and O–H groups in total. The Morgan fingerprint density at radius 2 is 2.05 bits per heavy atom. The molecule has 5 heteroatoms. The first kappa shape index (κ1) is 18.9. The number of carbonyl (C=O) groups excluding carboxylic acids is 1. The molecule has 2 rings (SSSR count). The van der Waals surface area contributed by atoms with Gasteiger partial charge in [-0.2, -0.15) is 0 Å². The summed E-state index contributed by atoms with van der Waals surface area (Å²) in [5, 5.41) is 0. The Labute approximate surface area is 138 Å². The van der Waals surface area contributed by atoms with Crippen LogP contribution in [0, 0.1) is 17.7 Å². The van der Waals surface area contributed by atoms with Crippen LogP contribution in [0.1, 0.15) is 38.7 Å². The molecule has 0 aliphatic heterocycles. The molecular weight excluding hydrogens is 303 g/mol. The summed E-state index contributed by atoms with van der Waals surface area (Å²) in [6, 6.07) is 6.71. The fraction of sp³-hybridized carbons (Fsp3) is 0.588. The van der Waals surface area contributed by atoms with Gasteiger partial charge >= 0.3 is 0 Å². The van der Waals surface area contributed by atoms with Crippen molar-refractivity contribution in [1.29, 1.82) is 0 Å². The minimum Gasteiger partial charge on any atom is -0.336 e. The topological polar surface area (TPSA) is 46.3 Å². The normalized spacial score (nSPS) is 20.8. The van der Waals surface area contributed by atoms with Crippen LogP contribution in [-0.2, 0) is 11.3 Å². The first-order chi connectivity index (χ1) is 10.0. The van der Waals surface area contributed by atoms with Crippen LogP contribution in [0.4, 0.5) is 4.39 Å². The molecule has 0 heterocycles. The van der Waals surface area contributed by atoms with Crippen molar-refractivity contribution in [3.05, 3.63) is 35.6 Å². The standard InChI is InChI=1S/C17H25FN2O.ClH/c1-12(2)20(11-14-6-3-4-9-16(14)18)17(21)15-8-5-7-13(15)10-19;/h3-4,6,9,12-13,15H,5,7-8,10-11,19H2,1-2H3;1H/t13-,15-;/m1./s1. The molecule has 1 fully saturated rings. The maximum absolute atomic E-state index is 13.8. The van der Waals surface area contributed by atoms with Gasteiger partial charge in [-0.3, -0.25) is 4.79 Å². The van der Waals surface area contributed by atoms with Crippen LogP contribution in [0.25, 0.3) is 0 Å². The second kappa shape index (κ2) is 8.49. The Bertz CT molecular complexity index is 495. The van der Waals surface area contributed by atoms with E-state index >= 15 is 0 Å². The molecule has 2 atom stereocenters. The molecule has 1 aromatic rings. The van der Waals surface area contributed by atoms with Crippen LogP contribution in [0.2, 0.25) is 0 Å². The smallest absolute Gasteiger partial charge is 0.226 e. The van der Waals surface area contributed by atoms with Crippen LogP contribution in [0.3, 0.4) is 0 Å². The zero-order chi connectivity index (χ0) is 15.4. The van der Waals surface area contributed by atoms with Gasteiger partial charge in [0.1, 0.15) is 5.82 Å². The highest BCUT2D eigenvalue weighted by molar-refractivity contribution is 5.85. The van der Waals surface area contributed by atoms with E-state index in [2.05, 4.69) is 0 Å². The maximum Gasteiger partial charge on any atom is 0.226 e. The van der Waals surface area contributed by atoms with Crippen molar-refractivity contribution in [2.75, 3.05) is 6.54 Å². The SMILES string of the molecule is CC(C)N(Cc1ccccc1F)C(=O)[C@@H]1CCC[C@@H]1CN.Cl. The molecule has 0 unspecified atom stereocenters. The van der Waals surface area contributed by atoms with Crippen molar-refractivity contribution in [2.24, 2.45) is 17.6 Å². The second-order valence-electron chi connectivity index (χ2n) is 6.18. The molecular formula is C17H26ClFN2O. The Morgan fingerprint density at radius 1 is 1.36 bits per heavy atom. The summed E-state index contributed by atoms with van der Waals surface area (Å²) in [5.74, 6) is 0.155. The van der Waals surface area contributed by atoms with E-state index in [0.717, 1.165) is 19.3 Å². The van der Waals surface area contributed by atoms with Gasteiger partial charge in [0, 0.05) is 24.1 Å². The maximum atomic E-state index is 13.8. The highest BCUT2D eigenvalue weighted by Gasteiger charge is 2.35. The zero-order valence-corrected chi connectivity index (χ0v) is 14.1. The van der Waals surface area contributed by atoms with E-state index in [9.17, 15) is 9.18 Å². The van der Waals surface area contributed by atoms with Crippen molar-refractivity contribution in [3.8, 4) is 0 Å². The van der Waals surface area contributed by atoms with Gasteiger partial charge in [0.25, 0.3) is 0 Å². The predicted octanol–water partition coefficient (Wildman–Crippen LogP) is 3.36. The van der Waals surface area contributed by atoms with E-state index < -0.39 is 0 Å². The first-order valence-corrected chi connectivity index (χ1v) is 7.78. The Kier molecular flexibility index (Phi) is 7.30. The number of rotatable bonds is 5. The molecule has 1 aromatic carbocycles. The second-order valence-corrected chi connectivity index (χ2v) is 6.18. The molecule has 1 saturated carbocycles. The van der Waals surface area contributed by atoms with E-state index in [0.29, 0.717) is 18.7 Å². The van der Waals surface area contributed by atoms with Gasteiger partial charge in [0.15, 0.2) is 0 Å². The van der Waals surface area contributed by atoms with Crippen LogP contribution in [0.5, 0.6) is 0 Å². The number of halogens is 2.